The molecule has 0 atom stereocenters. The zero-order chi connectivity index (χ0) is 13.8. The van der Waals surface area contributed by atoms with Gasteiger partial charge in [-0.15, -0.1) is 11.3 Å². The van der Waals surface area contributed by atoms with Gasteiger partial charge in [-0.2, -0.15) is 0 Å². The molecule has 0 bridgehead atoms. The van der Waals surface area contributed by atoms with Crippen LogP contribution in [-0.2, 0) is 11.2 Å². The number of thiazole rings is 1. The molecule has 1 amide bonds. The third-order valence-corrected chi connectivity index (χ3v) is 3.56. The molecule has 100 valence electrons. The van der Waals surface area contributed by atoms with E-state index in [9.17, 15) is 4.79 Å². The molecule has 0 aliphatic heterocycles. The highest BCUT2D eigenvalue weighted by Crippen LogP contribution is 2.27. The number of benzene rings is 1. The fraction of sp³-hybridized carbons (Fsp3) is 0.231. The van der Waals surface area contributed by atoms with Gasteiger partial charge in [0.05, 0.1) is 29.3 Å². The topological polar surface area (TPSA) is 51.2 Å². The zero-order valence-electron chi connectivity index (χ0n) is 10.6. The van der Waals surface area contributed by atoms with Crippen molar-refractivity contribution in [1.82, 2.24) is 4.98 Å². The number of ether oxygens (including phenoxy) is 1. The lowest BCUT2D eigenvalue weighted by Gasteiger charge is -2.07. The van der Waals surface area contributed by atoms with Crippen LogP contribution in [0.2, 0.25) is 5.02 Å². The third kappa shape index (κ3) is 3.68. The Morgan fingerprint density at radius 1 is 1.53 bits per heavy atom. The van der Waals surface area contributed by atoms with E-state index in [1.807, 2.05) is 12.3 Å². The van der Waals surface area contributed by atoms with Crippen LogP contribution in [0.3, 0.4) is 0 Å². The van der Waals surface area contributed by atoms with Gasteiger partial charge in [0.2, 0.25) is 5.91 Å². The Bertz CT molecular complexity index is 598. The molecule has 19 heavy (non-hydrogen) atoms. The molecule has 2 aromatic rings. The first-order valence-electron chi connectivity index (χ1n) is 5.63. The molecule has 0 radical (unpaired) electrons. The van der Waals surface area contributed by atoms with Crippen molar-refractivity contribution in [3.63, 3.8) is 0 Å². The van der Waals surface area contributed by atoms with Gasteiger partial charge in [0, 0.05) is 11.1 Å². The lowest BCUT2D eigenvalue weighted by molar-refractivity contribution is -0.115. The van der Waals surface area contributed by atoms with Crippen LogP contribution in [0.25, 0.3) is 0 Å². The molecule has 0 aliphatic rings. The van der Waals surface area contributed by atoms with Gasteiger partial charge in [-0.05, 0) is 25.1 Å². The van der Waals surface area contributed by atoms with E-state index < -0.39 is 0 Å². The van der Waals surface area contributed by atoms with Gasteiger partial charge in [-0.3, -0.25) is 4.79 Å². The van der Waals surface area contributed by atoms with Gasteiger partial charge in [0.15, 0.2) is 0 Å². The minimum atomic E-state index is -0.119. The summed E-state index contributed by atoms with van der Waals surface area (Å²) in [4.78, 5) is 16.1. The molecule has 0 aliphatic carbocycles. The average molecular weight is 297 g/mol. The molecular weight excluding hydrogens is 284 g/mol. The molecular formula is C13H13ClN2O2S. The summed E-state index contributed by atoms with van der Waals surface area (Å²) in [5.74, 6) is 0.460. The second-order valence-corrected chi connectivity index (χ2v) is 5.40. The summed E-state index contributed by atoms with van der Waals surface area (Å²) < 4.78 is 5.05. The highest BCUT2D eigenvalue weighted by Gasteiger charge is 2.08. The molecule has 2 rings (SSSR count). The van der Waals surface area contributed by atoms with Gasteiger partial charge in [-0.25, -0.2) is 4.98 Å². The van der Waals surface area contributed by atoms with Crippen LogP contribution in [0.4, 0.5) is 5.69 Å². The Kier molecular flexibility index (Phi) is 4.39. The average Bonchev–Trinajstić information content (AvgIpc) is 2.74. The number of aryl methyl sites for hydroxylation is 1. The monoisotopic (exact) mass is 296 g/mol. The van der Waals surface area contributed by atoms with Crippen molar-refractivity contribution in [2.75, 3.05) is 12.4 Å². The van der Waals surface area contributed by atoms with Gasteiger partial charge in [-0.1, -0.05) is 11.6 Å². The highest BCUT2D eigenvalue weighted by atomic mass is 35.5. The minimum Gasteiger partial charge on any atom is -0.495 e. The van der Waals surface area contributed by atoms with E-state index in [0.717, 1.165) is 10.7 Å². The van der Waals surface area contributed by atoms with Crippen LogP contribution in [-0.4, -0.2) is 18.0 Å². The van der Waals surface area contributed by atoms with Crippen molar-refractivity contribution in [2.45, 2.75) is 13.3 Å². The van der Waals surface area contributed by atoms with E-state index in [4.69, 9.17) is 16.3 Å². The second kappa shape index (κ2) is 6.04. The van der Waals surface area contributed by atoms with Crippen molar-refractivity contribution in [1.29, 1.82) is 0 Å². The molecule has 0 fully saturated rings. The molecule has 0 saturated carbocycles. The standard InChI is InChI=1S/C13H13ClN2O2S/c1-8-15-10(7-19-8)6-13(17)16-9-3-4-12(18-2)11(14)5-9/h3-5,7H,6H2,1-2H3,(H,16,17). The lowest BCUT2D eigenvalue weighted by atomic mass is 10.2. The third-order valence-electron chi connectivity index (χ3n) is 2.44. The normalized spacial score (nSPS) is 10.3. The number of carbonyl (C=O) groups excluding carboxylic acids is 1. The molecule has 1 N–H and O–H groups in total. The first-order chi connectivity index (χ1) is 9.08. The molecule has 4 nitrogen and oxygen atoms in total. The van der Waals surface area contributed by atoms with Crippen molar-refractivity contribution in [2.24, 2.45) is 0 Å². The number of hydrogen-bond donors (Lipinski definition) is 1. The molecule has 0 unspecified atom stereocenters. The number of amides is 1. The quantitative estimate of drug-likeness (QED) is 0.942. The van der Waals surface area contributed by atoms with Crippen molar-refractivity contribution in [3.05, 3.63) is 39.3 Å². The summed E-state index contributed by atoms with van der Waals surface area (Å²) in [5.41, 5.74) is 1.42. The van der Waals surface area contributed by atoms with Crippen LogP contribution in [0.5, 0.6) is 5.75 Å². The number of aromatic nitrogens is 1. The smallest absolute Gasteiger partial charge is 0.230 e. The summed E-state index contributed by atoms with van der Waals surface area (Å²) in [5, 5.41) is 6.08. The summed E-state index contributed by atoms with van der Waals surface area (Å²) in [7, 11) is 1.55. The van der Waals surface area contributed by atoms with Crippen LogP contribution in [0.1, 0.15) is 10.7 Å². The molecule has 6 heteroatoms. The number of nitrogens with one attached hydrogen (secondary N) is 1. The van der Waals surface area contributed by atoms with Gasteiger partial charge in [0.25, 0.3) is 0 Å². The second-order valence-electron chi connectivity index (χ2n) is 3.93. The number of carbonyl (C=O) groups is 1. The predicted molar refractivity (Wildman–Crippen MR) is 77.2 cm³/mol. The SMILES string of the molecule is COc1ccc(NC(=O)Cc2csc(C)n2)cc1Cl. The van der Waals surface area contributed by atoms with Gasteiger partial charge >= 0.3 is 0 Å². The summed E-state index contributed by atoms with van der Waals surface area (Å²) in [6.07, 6.45) is 0.258. The van der Waals surface area contributed by atoms with Crippen molar-refractivity contribution in [3.8, 4) is 5.75 Å². The summed E-state index contributed by atoms with van der Waals surface area (Å²) in [6, 6.07) is 5.12. The highest BCUT2D eigenvalue weighted by molar-refractivity contribution is 7.09. The molecule has 1 heterocycles. The zero-order valence-corrected chi connectivity index (χ0v) is 12.1. The fourth-order valence-electron chi connectivity index (χ4n) is 1.60. The first-order valence-corrected chi connectivity index (χ1v) is 6.88. The number of halogens is 1. The Morgan fingerprint density at radius 3 is 2.89 bits per heavy atom. The number of methoxy groups -OCH3 is 1. The lowest BCUT2D eigenvalue weighted by Crippen LogP contribution is -2.14. The van der Waals surface area contributed by atoms with Crippen LogP contribution < -0.4 is 10.1 Å². The van der Waals surface area contributed by atoms with Crippen LogP contribution >= 0.6 is 22.9 Å². The number of hydrogen-bond acceptors (Lipinski definition) is 4. The number of nitrogens with zero attached hydrogens (tertiary/aromatic N) is 1. The van der Waals surface area contributed by atoms with E-state index in [2.05, 4.69) is 10.3 Å². The Morgan fingerprint density at radius 2 is 2.32 bits per heavy atom. The van der Waals surface area contributed by atoms with Crippen molar-refractivity contribution < 1.29 is 9.53 Å². The molecule has 0 saturated heterocycles. The predicted octanol–water partition coefficient (Wildman–Crippen LogP) is 3.29. The van der Waals surface area contributed by atoms with Gasteiger partial charge in [0.1, 0.15) is 5.75 Å². The van der Waals surface area contributed by atoms with E-state index in [0.29, 0.717) is 16.5 Å². The molecule has 1 aromatic heterocycles. The summed E-state index contributed by atoms with van der Waals surface area (Å²) >= 11 is 7.52. The van der Waals surface area contributed by atoms with E-state index in [-0.39, 0.29) is 12.3 Å². The van der Waals surface area contributed by atoms with Crippen LogP contribution in [0, 0.1) is 6.92 Å². The van der Waals surface area contributed by atoms with Crippen LogP contribution in [0.15, 0.2) is 23.6 Å². The number of anilines is 1. The fourth-order valence-corrected chi connectivity index (χ4v) is 2.47. The molecule has 0 spiro atoms. The number of rotatable bonds is 4. The Labute approximate surface area is 120 Å². The first kappa shape index (κ1) is 13.8. The summed E-state index contributed by atoms with van der Waals surface area (Å²) in [6.45, 7) is 1.91. The minimum absolute atomic E-state index is 0.119. The maximum atomic E-state index is 11.8. The Hall–Kier alpha value is -1.59. The van der Waals surface area contributed by atoms with E-state index >= 15 is 0 Å². The van der Waals surface area contributed by atoms with E-state index in [1.54, 1.807) is 25.3 Å². The maximum Gasteiger partial charge on any atom is 0.230 e. The van der Waals surface area contributed by atoms with Gasteiger partial charge < -0.3 is 10.1 Å². The Balaban J connectivity index is 2.00. The largest absolute Gasteiger partial charge is 0.495 e. The maximum absolute atomic E-state index is 11.8. The van der Waals surface area contributed by atoms with E-state index in [1.165, 1.54) is 11.3 Å². The molecule has 1 aromatic carbocycles. The van der Waals surface area contributed by atoms with Crippen molar-refractivity contribution >= 4 is 34.5 Å².